The Morgan fingerprint density at radius 2 is 2.00 bits per heavy atom. The van der Waals surface area contributed by atoms with Gasteiger partial charge in [0.15, 0.2) is 0 Å². The predicted octanol–water partition coefficient (Wildman–Crippen LogP) is 2.49. The van der Waals surface area contributed by atoms with Crippen molar-refractivity contribution < 1.29 is 17.6 Å². The molecule has 2 aromatic rings. The fraction of sp³-hybridized carbons (Fsp3) is 0.182. The molecule has 3 nitrogen and oxygen atoms in total. The standard InChI is InChI=1S/C11H9F4N3/c12-10-2-1-8(3-9(10)11(13,14)15)18-5-7(4-16)17-6-18/h1-3,5-6H,4,16H2. The molecule has 2 rings (SSSR count). The van der Waals surface area contributed by atoms with Gasteiger partial charge in [0.1, 0.15) is 5.82 Å². The van der Waals surface area contributed by atoms with Crippen LogP contribution in [0.5, 0.6) is 0 Å². The number of nitrogens with two attached hydrogens (primary N) is 1. The average molecular weight is 259 g/mol. The molecule has 0 fully saturated rings. The Bertz CT molecular complexity index is 560. The molecule has 0 atom stereocenters. The highest BCUT2D eigenvalue weighted by Gasteiger charge is 2.34. The number of hydrogen-bond acceptors (Lipinski definition) is 2. The summed E-state index contributed by atoms with van der Waals surface area (Å²) in [6.07, 6.45) is -1.90. The van der Waals surface area contributed by atoms with Gasteiger partial charge in [0, 0.05) is 18.4 Å². The number of hydrogen-bond donors (Lipinski definition) is 1. The minimum atomic E-state index is -4.72. The lowest BCUT2D eigenvalue weighted by atomic mass is 10.2. The summed E-state index contributed by atoms with van der Waals surface area (Å²) in [4.78, 5) is 3.89. The predicted molar refractivity (Wildman–Crippen MR) is 56.4 cm³/mol. The van der Waals surface area contributed by atoms with Crippen LogP contribution in [0.3, 0.4) is 0 Å². The molecule has 18 heavy (non-hydrogen) atoms. The lowest BCUT2D eigenvalue weighted by molar-refractivity contribution is -0.140. The normalized spacial score (nSPS) is 11.8. The first kappa shape index (κ1) is 12.6. The van der Waals surface area contributed by atoms with E-state index < -0.39 is 17.6 Å². The molecule has 0 aliphatic heterocycles. The molecule has 1 aromatic heterocycles. The number of aromatic nitrogens is 2. The van der Waals surface area contributed by atoms with Crippen molar-refractivity contribution in [3.8, 4) is 5.69 Å². The average Bonchev–Trinajstić information content (AvgIpc) is 2.76. The Hall–Kier alpha value is -1.89. The van der Waals surface area contributed by atoms with Crippen molar-refractivity contribution in [2.45, 2.75) is 12.7 Å². The highest BCUT2D eigenvalue weighted by Crippen LogP contribution is 2.32. The molecule has 0 bridgehead atoms. The van der Waals surface area contributed by atoms with Crippen LogP contribution in [0.2, 0.25) is 0 Å². The van der Waals surface area contributed by atoms with Gasteiger partial charge in [0.05, 0.1) is 17.6 Å². The summed E-state index contributed by atoms with van der Waals surface area (Å²) >= 11 is 0. The van der Waals surface area contributed by atoms with Gasteiger partial charge in [0.25, 0.3) is 0 Å². The molecule has 0 aliphatic rings. The zero-order chi connectivity index (χ0) is 13.3. The zero-order valence-electron chi connectivity index (χ0n) is 9.08. The molecular weight excluding hydrogens is 250 g/mol. The number of halogens is 4. The van der Waals surface area contributed by atoms with Crippen molar-refractivity contribution in [2.75, 3.05) is 0 Å². The smallest absolute Gasteiger partial charge is 0.325 e. The van der Waals surface area contributed by atoms with Crippen molar-refractivity contribution in [2.24, 2.45) is 5.73 Å². The van der Waals surface area contributed by atoms with Crippen molar-refractivity contribution in [3.63, 3.8) is 0 Å². The Balaban J connectivity index is 2.47. The topological polar surface area (TPSA) is 43.8 Å². The zero-order valence-corrected chi connectivity index (χ0v) is 9.08. The van der Waals surface area contributed by atoms with Crippen LogP contribution in [0.1, 0.15) is 11.3 Å². The lowest BCUT2D eigenvalue weighted by Crippen LogP contribution is -2.09. The molecule has 1 aromatic carbocycles. The monoisotopic (exact) mass is 259 g/mol. The molecule has 0 amide bonds. The van der Waals surface area contributed by atoms with Gasteiger partial charge in [-0.15, -0.1) is 0 Å². The Morgan fingerprint density at radius 1 is 1.28 bits per heavy atom. The Labute approximate surface area is 99.9 Å². The van der Waals surface area contributed by atoms with E-state index in [0.717, 1.165) is 12.1 Å². The summed E-state index contributed by atoms with van der Waals surface area (Å²) in [5, 5.41) is 0. The molecule has 0 aliphatic carbocycles. The second kappa shape index (κ2) is 4.41. The first-order chi connectivity index (χ1) is 8.41. The lowest BCUT2D eigenvalue weighted by Gasteiger charge is -2.10. The minimum Gasteiger partial charge on any atom is -0.325 e. The first-order valence-electron chi connectivity index (χ1n) is 5.02. The molecule has 0 unspecified atom stereocenters. The summed E-state index contributed by atoms with van der Waals surface area (Å²) in [5.74, 6) is -1.30. The van der Waals surface area contributed by atoms with Crippen LogP contribution in [0.15, 0.2) is 30.7 Å². The van der Waals surface area contributed by atoms with Crippen LogP contribution in [0, 0.1) is 5.82 Å². The van der Waals surface area contributed by atoms with E-state index in [4.69, 9.17) is 5.73 Å². The summed E-state index contributed by atoms with van der Waals surface area (Å²) in [7, 11) is 0. The van der Waals surface area contributed by atoms with E-state index in [0.29, 0.717) is 5.69 Å². The van der Waals surface area contributed by atoms with Gasteiger partial charge in [-0.25, -0.2) is 9.37 Å². The quantitative estimate of drug-likeness (QED) is 0.842. The molecule has 0 saturated carbocycles. The maximum atomic E-state index is 13.1. The Morgan fingerprint density at radius 3 is 2.56 bits per heavy atom. The van der Waals surface area contributed by atoms with Gasteiger partial charge in [-0.3, -0.25) is 0 Å². The van der Waals surface area contributed by atoms with E-state index in [-0.39, 0.29) is 12.2 Å². The third kappa shape index (κ3) is 2.35. The van der Waals surface area contributed by atoms with Crippen LogP contribution >= 0.6 is 0 Å². The van der Waals surface area contributed by atoms with Gasteiger partial charge in [-0.1, -0.05) is 0 Å². The van der Waals surface area contributed by atoms with E-state index in [1.165, 1.54) is 23.2 Å². The molecule has 7 heteroatoms. The fourth-order valence-electron chi connectivity index (χ4n) is 1.50. The molecule has 0 radical (unpaired) electrons. The highest BCUT2D eigenvalue weighted by atomic mass is 19.4. The van der Waals surface area contributed by atoms with Gasteiger partial charge in [-0.2, -0.15) is 13.2 Å². The van der Waals surface area contributed by atoms with E-state index in [1.807, 2.05) is 0 Å². The molecule has 96 valence electrons. The van der Waals surface area contributed by atoms with E-state index in [2.05, 4.69) is 4.98 Å². The first-order valence-corrected chi connectivity index (χ1v) is 5.02. The summed E-state index contributed by atoms with van der Waals surface area (Å²) in [6.45, 7) is 0.181. The molecule has 0 spiro atoms. The van der Waals surface area contributed by atoms with E-state index >= 15 is 0 Å². The maximum Gasteiger partial charge on any atom is 0.419 e. The van der Waals surface area contributed by atoms with E-state index in [9.17, 15) is 17.6 Å². The van der Waals surface area contributed by atoms with E-state index in [1.54, 1.807) is 0 Å². The third-order valence-electron chi connectivity index (χ3n) is 2.40. The van der Waals surface area contributed by atoms with Crippen LogP contribution in [-0.2, 0) is 12.7 Å². The van der Waals surface area contributed by atoms with Crippen LogP contribution < -0.4 is 5.73 Å². The number of benzene rings is 1. The van der Waals surface area contributed by atoms with Crippen LogP contribution in [0.25, 0.3) is 5.69 Å². The van der Waals surface area contributed by atoms with Crippen LogP contribution in [0.4, 0.5) is 17.6 Å². The SMILES string of the molecule is NCc1cn(-c2ccc(F)c(C(F)(F)F)c2)cn1. The van der Waals surface area contributed by atoms with Gasteiger partial charge in [0.2, 0.25) is 0 Å². The number of imidazole rings is 1. The van der Waals surface area contributed by atoms with Crippen LogP contribution in [-0.4, -0.2) is 9.55 Å². The fourth-order valence-corrected chi connectivity index (χ4v) is 1.50. The molecular formula is C11H9F4N3. The van der Waals surface area contributed by atoms with Crippen molar-refractivity contribution >= 4 is 0 Å². The van der Waals surface area contributed by atoms with Crippen molar-refractivity contribution in [1.82, 2.24) is 9.55 Å². The molecule has 2 N–H and O–H groups in total. The van der Waals surface area contributed by atoms with Crippen molar-refractivity contribution in [1.29, 1.82) is 0 Å². The Kier molecular flexibility index (Phi) is 3.08. The second-order valence-electron chi connectivity index (χ2n) is 3.64. The third-order valence-corrected chi connectivity index (χ3v) is 2.40. The highest BCUT2D eigenvalue weighted by molar-refractivity contribution is 5.38. The number of alkyl halides is 3. The van der Waals surface area contributed by atoms with Gasteiger partial charge >= 0.3 is 6.18 Å². The maximum absolute atomic E-state index is 13.1. The second-order valence-corrected chi connectivity index (χ2v) is 3.64. The van der Waals surface area contributed by atoms with Gasteiger partial charge < -0.3 is 10.3 Å². The number of rotatable bonds is 2. The summed E-state index contributed by atoms with van der Waals surface area (Å²) in [5.41, 5.74) is 4.76. The summed E-state index contributed by atoms with van der Waals surface area (Å²) < 4.78 is 52.0. The summed E-state index contributed by atoms with van der Waals surface area (Å²) in [6, 6.07) is 2.75. The largest absolute Gasteiger partial charge is 0.419 e. The number of nitrogens with zero attached hydrogens (tertiary/aromatic N) is 2. The van der Waals surface area contributed by atoms with Crippen molar-refractivity contribution in [3.05, 3.63) is 47.8 Å². The minimum absolute atomic E-state index is 0.177. The molecule has 0 saturated heterocycles. The van der Waals surface area contributed by atoms with Gasteiger partial charge in [-0.05, 0) is 18.2 Å². The molecule has 1 heterocycles.